The molecule has 0 fully saturated rings. The maximum absolute atomic E-state index is 13.4. The van der Waals surface area contributed by atoms with Crippen LogP contribution in [0.3, 0.4) is 0 Å². The second-order valence-corrected chi connectivity index (χ2v) is 19.5. The summed E-state index contributed by atoms with van der Waals surface area (Å²) in [7, 11) is 0. The Morgan fingerprint density at radius 3 is 1.17 bits per heavy atom. The van der Waals surface area contributed by atoms with Gasteiger partial charge in [0.2, 0.25) is 0 Å². The third-order valence-corrected chi connectivity index (χ3v) is 14.5. The predicted octanol–water partition coefficient (Wildman–Crippen LogP) is 16.2. The van der Waals surface area contributed by atoms with Crippen molar-refractivity contribution in [1.29, 1.82) is 0 Å². The zero-order valence-electron chi connectivity index (χ0n) is 37.3. The molecule has 9 aromatic rings. The highest BCUT2D eigenvalue weighted by atomic mass is 35.5. The van der Waals surface area contributed by atoms with E-state index in [0.29, 0.717) is 43.4 Å². The standard InChI is InChI=1S/C19H13ClN2OS.C18H10Cl2N2OS.C18H10F2N2OS/c1-12-10-13(6-7-16(12)20)21-18-15-4-2-3-5-17(15)22(19(18)23)14-8-9-24-11-14;19-14-6-5-11(9-15(14)20)21-17-13-3-1-2-4-16(13)22(18(17)23)12-7-8-24-10-12;19-11-7-12(20)9-13(8-11)21-17-15-3-1-2-4-16(15)22(18(17)23)14-5-6-24-10-14/h2-11H,1H3;2*1-10H. The molecule has 6 heterocycles. The van der Waals surface area contributed by atoms with E-state index >= 15 is 0 Å². The minimum absolute atomic E-state index is 0.0674. The van der Waals surface area contributed by atoms with Crippen LogP contribution in [0, 0.1) is 18.6 Å². The fraction of sp³-hybridized carbons (Fsp3) is 0.0182. The van der Waals surface area contributed by atoms with Gasteiger partial charge >= 0.3 is 0 Å². The van der Waals surface area contributed by atoms with E-state index in [1.54, 1.807) is 73.8 Å². The predicted molar refractivity (Wildman–Crippen MR) is 291 cm³/mol. The summed E-state index contributed by atoms with van der Waals surface area (Å²) in [4.78, 5) is 57.1. The molecule has 0 bridgehead atoms. The van der Waals surface area contributed by atoms with Crippen LogP contribution in [0.1, 0.15) is 22.3 Å². The van der Waals surface area contributed by atoms with Crippen LogP contribution < -0.4 is 14.7 Å². The third kappa shape index (κ3) is 9.68. The topological polar surface area (TPSA) is 98.0 Å². The molecule has 0 unspecified atom stereocenters. The lowest BCUT2D eigenvalue weighted by Crippen LogP contribution is -2.24. The van der Waals surface area contributed by atoms with E-state index in [-0.39, 0.29) is 29.1 Å². The van der Waals surface area contributed by atoms with Gasteiger partial charge in [-0.05, 0) is 114 Å². The molecular formula is C55H33Cl3F2N6O3S3. The van der Waals surface area contributed by atoms with E-state index in [1.807, 2.05) is 130 Å². The van der Waals surface area contributed by atoms with Crippen LogP contribution >= 0.6 is 68.8 Å². The SMILES string of the molecule is Cc1cc(N=C2C(=O)N(c3ccsc3)c3ccccc32)ccc1Cl.O=C1C(=Nc2cc(F)cc(F)c2)c2ccccc2N1c1ccsc1.O=C1C(=Nc2ccc(Cl)c(Cl)c2)c2ccccc2N1c1ccsc1. The van der Waals surface area contributed by atoms with Gasteiger partial charge in [0, 0.05) is 43.9 Å². The molecule has 3 aliphatic heterocycles. The number of carbonyl (C=O) groups excluding carboxylic acids is 3. The first-order valence-corrected chi connectivity index (χ1v) is 25.7. The van der Waals surface area contributed by atoms with Gasteiger partial charge in [0.1, 0.15) is 28.8 Å². The summed E-state index contributed by atoms with van der Waals surface area (Å²) >= 11 is 22.7. The number of amides is 3. The summed E-state index contributed by atoms with van der Waals surface area (Å²) in [6.07, 6.45) is 0. The van der Waals surface area contributed by atoms with Gasteiger partial charge in [-0.2, -0.15) is 34.0 Å². The Hall–Kier alpha value is -7.43. The van der Waals surface area contributed by atoms with E-state index in [1.165, 1.54) is 11.3 Å². The molecule has 3 amide bonds. The molecule has 354 valence electrons. The van der Waals surface area contributed by atoms with Crippen molar-refractivity contribution in [2.24, 2.45) is 15.0 Å². The maximum Gasteiger partial charge on any atom is 0.282 e. The van der Waals surface area contributed by atoms with Crippen LogP contribution in [0.25, 0.3) is 0 Å². The Kier molecular flexibility index (Phi) is 13.9. The van der Waals surface area contributed by atoms with E-state index in [9.17, 15) is 23.2 Å². The number of rotatable bonds is 6. The third-order valence-electron chi connectivity index (χ3n) is 11.3. The van der Waals surface area contributed by atoms with Gasteiger partial charge < -0.3 is 0 Å². The Labute approximate surface area is 438 Å². The summed E-state index contributed by atoms with van der Waals surface area (Å²) in [6, 6.07) is 41.8. The normalized spacial score (nSPS) is 15.2. The molecule has 0 spiro atoms. The molecular weight excluding hydrogens is 1030 g/mol. The number of halogens is 5. The van der Waals surface area contributed by atoms with Crippen molar-refractivity contribution in [3.8, 4) is 0 Å². The number of aliphatic imine (C=N–C) groups is 3. The van der Waals surface area contributed by atoms with Crippen LogP contribution in [0.15, 0.2) is 193 Å². The second-order valence-electron chi connectivity index (χ2n) is 16.0. The van der Waals surface area contributed by atoms with Crippen molar-refractivity contribution in [2.75, 3.05) is 14.7 Å². The van der Waals surface area contributed by atoms with Crippen LogP contribution in [0.5, 0.6) is 0 Å². The zero-order chi connectivity index (χ0) is 50.0. The second kappa shape index (κ2) is 20.7. The first kappa shape index (κ1) is 48.2. The minimum Gasteiger partial charge on any atom is -0.274 e. The molecule has 0 atom stereocenters. The van der Waals surface area contributed by atoms with Crippen LogP contribution in [-0.4, -0.2) is 34.9 Å². The maximum atomic E-state index is 13.4. The number of thiophene rings is 3. The van der Waals surface area contributed by atoms with E-state index < -0.39 is 11.6 Å². The summed E-state index contributed by atoms with van der Waals surface area (Å²) in [6.45, 7) is 1.92. The number of nitrogens with zero attached hydrogens (tertiary/aromatic N) is 6. The number of hydrogen-bond acceptors (Lipinski definition) is 9. The van der Waals surface area contributed by atoms with Gasteiger partial charge in [-0.1, -0.05) is 89.4 Å². The molecule has 17 heteroatoms. The summed E-state index contributed by atoms with van der Waals surface area (Å²) in [5, 5.41) is 13.1. The van der Waals surface area contributed by atoms with E-state index in [0.717, 1.165) is 69.0 Å². The van der Waals surface area contributed by atoms with Crippen LogP contribution in [-0.2, 0) is 14.4 Å². The Morgan fingerprint density at radius 2 is 0.792 bits per heavy atom. The lowest BCUT2D eigenvalue weighted by molar-refractivity contribution is -0.112. The molecule has 9 nitrogen and oxygen atoms in total. The lowest BCUT2D eigenvalue weighted by atomic mass is 10.1. The lowest BCUT2D eigenvalue weighted by Gasteiger charge is -2.14. The molecule has 0 radical (unpaired) electrons. The number of benzene rings is 6. The average molecular weight is 1070 g/mol. The van der Waals surface area contributed by atoms with Gasteiger partial charge in [-0.15, -0.1) is 0 Å². The van der Waals surface area contributed by atoms with Gasteiger partial charge in [0.05, 0.1) is 61.2 Å². The minimum atomic E-state index is -0.734. The smallest absolute Gasteiger partial charge is 0.274 e. The highest BCUT2D eigenvalue weighted by molar-refractivity contribution is 7.09. The summed E-state index contributed by atoms with van der Waals surface area (Å²) in [5.41, 5.74) is 10.5. The van der Waals surface area contributed by atoms with E-state index in [2.05, 4.69) is 15.0 Å². The molecule has 3 aliphatic rings. The number of fused-ring (bicyclic) bond motifs is 3. The van der Waals surface area contributed by atoms with Crippen molar-refractivity contribution in [1.82, 2.24) is 0 Å². The molecule has 0 saturated carbocycles. The summed E-state index contributed by atoms with van der Waals surface area (Å²) < 4.78 is 26.8. The number of hydrogen-bond donors (Lipinski definition) is 0. The number of para-hydroxylation sites is 3. The number of anilines is 6. The highest BCUT2D eigenvalue weighted by Crippen LogP contribution is 2.41. The summed E-state index contributed by atoms with van der Waals surface area (Å²) in [5.74, 6) is -2.05. The van der Waals surface area contributed by atoms with Gasteiger partial charge in [0.15, 0.2) is 0 Å². The molecule has 6 aromatic carbocycles. The van der Waals surface area contributed by atoms with E-state index in [4.69, 9.17) is 34.8 Å². The fourth-order valence-electron chi connectivity index (χ4n) is 8.09. The Bertz CT molecular complexity index is 3480. The molecule has 0 saturated heterocycles. The first-order chi connectivity index (χ1) is 34.9. The zero-order valence-corrected chi connectivity index (χ0v) is 42.1. The van der Waals surface area contributed by atoms with Crippen molar-refractivity contribution in [3.05, 3.63) is 227 Å². The molecule has 0 N–H and O–H groups in total. The van der Waals surface area contributed by atoms with Gasteiger partial charge in [-0.3, -0.25) is 29.1 Å². The largest absolute Gasteiger partial charge is 0.282 e. The first-order valence-electron chi connectivity index (χ1n) is 21.7. The van der Waals surface area contributed by atoms with Crippen molar-refractivity contribution < 1.29 is 23.2 Å². The van der Waals surface area contributed by atoms with Gasteiger partial charge in [-0.25, -0.2) is 23.8 Å². The molecule has 0 aliphatic carbocycles. The average Bonchev–Trinajstić information content (AvgIpc) is 4.26. The molecule has 12 rings (SSSR count). The fourth-order valence-corrected chi connectivity index (χ4v) is 10.4. The van der Waals surface area contributed by atoms with Crippen LogP contribution in [0.2, 0.25) is 15.1 Å². The quantitative estimate of drug-likeness (QED) is 0.166. The molecule has 72 heavy (non-hydrogen) atoms. The van der Waals surface area contributed by atoms with Crippen molar-refractivity contribution in [3.63, 3.8) is 0 Å². The monoisotopic (exact) mass is 1060 g/mol. The van der Waals surface area contributed by atoms with Crippen molar-refractivity contribution in [2.45, 2.75) is 6.92 Å². The Balaban J connectivity index is 0.000000124. The number of aryl methyl sites for hydroxylation is 1. The van der Waals surface area contributed by atoms with Crippen molar-refractivity contribution >= 4 is 155 Å². The van der Waals surface area contributed by atoms with Crippen LogP contribution in [0.4, 0.5) is 60.0 Å². The Morgan fingerprint density at radius 1 is 0.417 bits per heavy atom. The molecule has 3 aromatic heterocycles. The number of carbonyl (C=O) groups is 3. The highest BCUT2D eigenvalue weighted by Gasteiger charge is 2.37. The van der Waals surface area contributed by atoms with Gasteiger partial charge in [0.25, 0.3) is 17.7 Å².